The number of nitrogens with two attached hydrogens (primary N) is 1. The van der Waals surface area contributed by atoms with E-state index in [-0.39, 0.29) is 0 Å². The monoisotopic (exact) mass is 354 g/mol. The molecule has 1 atom stereocenters. The number of aromatic nitrogens is 1. The van der Waals surface area contributed by atoms with E-state index in [0.29, 0.717) is 4.91 Å². The summed E-state index contributed by atoms with van der Waals surface area (Å²) >= 11 is 1.38. The van der Waals surface area contributed by atoms with E-state index >= 15 is 0 Å². The highest BCUT2D eigenvalue weighted by Crippen LogP contribution is 2.45. The number of amides is 1. The number of carbonyl (C=O) groups is 1. The number of nitrogens with one attached hydrogen (secondary N) is 2. The average Bonchev–Trinajstić information content (AvgIpc) is 2.91. The van der Waals surface area contributed by atoms with Crippen molar-refractivity contribution in [3.63, 3.8) is 0 Å². The van der Waals surface area contributed by atoms with Gasteiger partial charge < -0.3 is 16.4 Å². The molecule has 1 aliphatic rings. The first-order chi connectivity index (χ1) is 11.8. The normalized spacial score (nSPS) is 19.3. The van der Waals surface area contributed by atoms with Gasteiger partial charge in [-0.05, 0) is 56.5 Å². The maximum atomic E-state index is 11.7. The van der Waals surface area contributed by atoms with Crippen molar-refractivity contribution in [1.29, 1.82) is 0 Å². The highest BCUT2D eigenvalue weighted by molar-refractivity contribution is 8.05. The van der Waals surface area contributed by atoms with Gasteiger partial charge in [0.05, 0.1) is 4.91 Å². The number of aryl methyl sites for hydroxylation is 4. The van der Waals surface area contributed by atoms with Gasteiger partial charge in [0.15, 0.2) is 4.99 Å². The molecule has 0 fully saturated rings. The lowest BCUT2D eigenvalue weighted by atomic mass is 9.99. The molecule has 1 unspecified atom stereocenters. The first-order valence-corrected chi connectivity index (χ1v) is 8.89. The van der Waals surface area contributed by atoms with Crippen molar-refractivity contribution in [2.45, 2.75) is 32.7 Å². The summed E-state index contributed by atoms with van der Waals surface area (Å²) in [6.45, 7) is 8.12. The van der Waals surface area contributed by atoms with Crippen LogP contribution in [0.5, 0.6) is 0 Å². The Balaban J connectivity index is 2.09. The van der Waals surface area contributed by atoms with Crippen molar-refractivity contribution < 1.29 is 4.79 Å². The zero-order valence-electron chi connectivity index (χ0n) is 14.8. The van der Waals surface area contributed by atoms with Gasteiger partial charge in [0.1, 0.15) is 5.82 Å². The van der Waals surface area contributed by atoms with Crippen LogP contribution >= 0.6 is 11.8 Å². The van der Waals surface area contributed by atoms with Gasteiger partial charge in [-0.2, -0.15) is 0 Å². The molecular weight excluding hydrogens is 332 g/mol. The van der Waals surface area contributed by atoms with Crippen LogP contribution in [-0.4, -0.2) is 10.9 Å². The smallest absolute Gasteiger partial charge is 0.256 e. The van der Waals surface area contributed by atoms with E-state index in [1.807, 2.05) is 32.0 Å². The molecule has 0 radical (unpaired) electrons. The second kappa shape index (κ2) is 6.44. The second-order valence-electron chi connectivity index (χ2n) is 6.36. The van der Waals surface area contributed by atoms with Crippen molar-refractivity contribution in [2.24, 2.45) is 5.73 Å². The molecule has 0 spiro atoms. The third kappa shape index (κ3) is 3.35. The lowest BCUT2D eigenvalue weighted by molar-refractivity contribution is -0.113. The number of carbonyl (C=O) groups excluding carboxylic acids is 1. The van der Waals surface area contributed by atoms with Crippen LogP contribution in [0.15, 0.2) is 41.4 Å². The molecule has 5 nitrogen and oxygen atoms in total. The summed E-state index contributed by atoms with van der Waals surface area (Å²) in [5, 5.41) is 6.84. The standard InChI is InChI=1S/C19H22N4OS/c1-11-8-14(4)22-16(9-11)23-19(21-10-15(25-19)18(20)24)17-12(2)6-5-7-13(17)3/h5-10,21H,1-4H3,(H2,20,24)(H,22,23). The Kier molecular flexibility index (Phi) is 4.47. The SMILES string of the molecule is Cc1cc(C)nc(NC2(c3c(C)cccc3C)NC=C(C(N)=O)S2)c1. The summed E-state index contributed by atoms with van der Waals surface area (Å²) in [6, 6.07) is 10.2. The topological polar surface area (TPSA) is 80.0 Å². The predicted molar refractivity (Wildman–Crippen MR) is 103 cm³/mol. The van der Waals surface area contributed by atoms with E-state index < -0.39 is 10.9 Å². The molecule has 130 valence electrons. The van der Waals surface area contributed by atoms with Crippen LogP contribution in [0.3, 0.4) is 0 Å². The van der Waals surface area contributed by atoms with Crippen LogP contribution in [-0.2, 0) is 9.79 Å². The van der Waals surface area contributed by atoms with Crippen LogP contribution in [0.1, 0.15) is 27.9 Å². The molecule has 6 heteroatoms. The van der Waals surface area contributed by atoms with Crippen molar-refractivity contribution in [3.8, 4) is 0 Å². The van der Waals surface area contributed by atoms with Crippen molar-refractivity contribution >= 4 is 23.5 Å². The summed E-state index contributed by atoms with van der Waals surface area (Å²) in [5.41, 5.74) is 10.9. The van der Waals surface area contributed by atoms with Crippen LogP contribution in [0.2, 0.25) is 0 Å². The van der Waals surface area contributed by atoms with Crippen LogP contribution in [0.25, 0.3) is 0 Å². The third-order valence-electron chi connectivity index (χ3n) is 4.15. The highest BCUT2D eigenvalue weighted by atomic mass is 32.2. The van der Waals surface area contributed by atoms with Crippen molar-refractivity contribution in [1.82, 2.24) is 10.3 Å². The number of primary amides is 1. The molecule has 2 heterocycles. The molecule has 0 saturated carbocycles. The van der Waals surface area contributed by atoms with Gasteiger partial charge in [-0.25, -0.2) is 4.98 Å². The number of thioether (sulfide) groups is 1. The van der Waals surface area contributed by atoms with E-state index in [4.69, 9.17) is 5.73 Å². The molecule has 2 aromatic rings. The first kappa shape index (κ1) is 17.4. The summed E-state index contributed by atoms with van der Waals surface area (Å²) in [5.74, 6) is 0.306. The molecule has 0 aliphatic carbocycles. The Hall–Kier alpha value is -2.47. The Morgan fingerprint density at radius 3 is 2.44 bits per heavy atom. The summed E-state index contributed by atoms with van der Waals surface area (Å²) in [6.07, 6.45) is 1.68. The van der Waals surface area contributed by atoms with Crippen LogP contribution in [0, 0.1) is 27.7 Å². The molecular formula is C19H22N4OS. The molecule has 25 heavy (non-hydrogen) atoms. The molecule has 3 rings (SSSR count). The molecule has 1 aromatic heterocycles. The van der Waals surface area contributed by atoms with Crippen molar-refractivity contribution in [2.75, 3.05) is 5.32 Å². The van der Waals surface area contributed by atoms with E-state index in [9.17, 15) is 4.79 Å². The van der Waals surface area contributed by atoms with Gasteiger partial charge >= 0.3 is 0 Å². The molecule has 1 aromatic carbocycles. The Morgan fingerprint density at radius 1 is 1.20 bits per heavy atom. The minimum Gasteiger partial charge on any atom is -0.365 e. The summed E-state index contributed by atoms with van der Waals surface area (Å²) in [7, 11) is 0. The number of rotatable bonds is 4. The number of hydrogen-bond donors (Lipinski definition) is 3. The summed E-state index contributed by atoms with van der Waals surface area (Å²) < 4.78 is 0. The maximum absolute atomic E-state index is 11.7. The van der Waals surface area contributed by atoms with Gasteiger partial charge in [0.25, 0.3) is 5.91 Å². The van der Waals surface area contributed by atoms with Crippen LogP contribution in [0.4, 0.5) is 5.82 Å². The van der Waals surface area contributed by atoms with Crippen molar-refractivity contribution in [3.05, 3.63) is 69.4 Å². The fourth-order valence-corrected chi connectivity index (χ4v) is 4.46. The van der Waals surface area contributed by atoms with E-state index in [1.165, 1.54) is 11.8 Å². The Bertz CT molecular complexity index is 837. The minimum absolute atomic E-state index is 0.444. The van der Waals surface area contributed by atoms with Gasteiger partial charge in [-0.1, -0.05) is 30.0 Å². The fraction of sp³-hybridized carbons (Fsp3) is 0.263. The highest BCUT2D eigenvalue weighted by Gasteiger charge is 2.41. The number of benzene rings is 1. The number of anilines is 1. The largest absolute Gasteiger partial charge is 0.365 e. The van der Waals surface area contributed by atoms with Crippen LogP contribution < -0.4 is 16.4 Å². The molecule has 1 aliphatic heterocycles. The molecule has 1 amide bonds. The van der Waals surface area contributed by atoms with Gasteiger partial charge in [-0.15, -0.1) is 0 Å². The Morgan fingerprint density at radius 2 is 1.88 bits per heavy atom. The average molecular weight is 354 g/mol. The fourth-order valence-electron chi connectivity index (χ4n) is 3.22. The summed E-state index contributed by atoms with van der Waals surface area (Å²) in [4.78, 5) is 16.1. The maximum Gasteiger partial charge on any atom is 0.256 e. The number of pyridine rings is 1. The Labute approximate surface area is 152 Å². The van der Waals surface area contributed by atoms with E-state index in [0.717, 1.165) is 33.8 Å². The molecule has 0 bridgehead atoms. The number of hydrogen-bond acceptors (Lipinski definition) is 5. The van der Waals surface area contributed by atoms with Gasteiger partial charge in [0.2, 0.25) is 0 Å². The zero-order chi connectivity index (χ0) is 18.2. The van der Waals surface area contributed by atoms with Gasteiger partial charge in [-0.3, -0.25) is 4.79 Å². The number of nitrogens with zero attached hydrogens (tertiary/aromatic N) is 1. The van der Waals surface area contributed by atoms with Gasteiger partial charge in [0, 0.05) is 17.5 Å². The third-order valence-corrected chi connectivity index (χ3v) is 5.42. The predicted octanol–water partition coefficient (Wildman–Crippen LogP) is 3.20. The lowest BCUT2D eigenvalue weighted by Crippen LogP contribution is -2.42. The first-order valence-electron chi connectivity index (χ1n) is 8.07. The van der Waals surface area contributed by atoms with E-state index in [1.54, 1.807) is 6.20 Å². The quantitative estimate of drug-likeness (QED) is 0.786. The zero-order valence-corrected chi connectivity index (χ0v) is 15.6. The molecule has 4 N–H and O–H groups in total. The second-order valence-corrected chi connectivity index (χ2v) is 7.62. The minimum atomic E-state index is -0.729. The lowest BCUT2D eigenvalue weighted by Gasteiger charge is -2.34. The van der Waals surface area contributed by atoms with E-state index in [2.05, 4.69) is 41.6 Å². The molecule has 0 saturated heterocycles.